The molecule has 3 aromatic rings. The maximum atomic E-state index is 12.6. The van der Waals surface area contributed by atoms with Gasteiger partial charge in [0.15, 0.2) is 0 Å². The summed E-state index contributed by atoms with van der Waals surface area (Å²) in [6, 6.07) is 27.6. The van der Waals surface area contributed by atoms with E-state index in [-0.39, 0.29) is 22.2 Å². The summed E-state index contributed by atoms with van der Waals surface area (Å²) in [5.74, 6) is 0. The molecule has 0 aliphatic rings. The minimum atomic E-state index is -4.27. The van der Waals surface area contributed by atoms with Crippen LogP contribution >= 0.6 is 11.8 Å². The molecule has 0 saturated carbocycles. The van der Waals surface area contributed by atoms with Crippen LogP contribution in [0.1, 0.15) is 16.7 Å². The lowest BCUT2D eigenvalue weighted by molar-refractivity contribution is -0.0328. The lowest BCUT2D eigenvalue weighted by atomic mass is 10.0. The summed E-state index contributed by atoms with van der Waals surface area (Å²) in [6.45, 7) is 4.64. The Labute approximate surface area is 163 Å². The van der Waals surface area contributed by atoms with E-state index in [9.17, 15) is 13.2 Å². The molecule has 0 aliphatic heterocycles. The van der Waals surface area contributed by atoms with E-state index >= 15 is 0 Å². The summed E-state index contributed by atoms with van der Waals surface area (Å²) in [6.07, 6.45) is 0. The molecular formula is C22H21F3SSi. The van der Waals surface area contributed by atoms with Crippen molar-refractivity contribution in [3.8, 4) is 0 Å². The van der Waals surface area contributed by atoms with E-state index in [1.807, 2.05) is 36.4 Å². The standard InChI is InChI=1S/C22H21F3SSi/c1-27(2,20-11-7-4-8-12-20)21(17-9-5-3-6-10-17)18-13-15-19(16-14-18)26-22(23,24)25/h3-16,21H,1-2H3. The zero-order chi connectivity index (χ0) is 19.5. The predicted octanol–water partition coefficient (Wildman–Crippen LogP) is 6.59. The molecule has 1 unspecified atom stereocenters. The molecule has 0 N–H and O–H groups in total. The first-order chi connectivity index (χ1) is 12.8. The van der Waals surface area contributed by atoms with Gasteiger partial charge in [-0.05, 0) is 35.0 Å². The number of alkyl halides is 3. The first-order valence-corrected chi connectivity index (χ1v) is 12.6. The summed E-state index contributed by atoms with van der Waals surface area (Å²) in [5.41, 5.74) is -1.84. The summed E-state index contributed by atoms with van der Waals surface area (Å²) in [5, 5.41) is 1.33. The highest BCUT2D eigenvalue weighted by atomic mass is 32.2. The van der Waals surface area contributed by atoms with Gasteiger partial charge in [-0.25, -0.2) is 0 Å². The number of hydrogen-bond acceptors (Lipinski definition) is 1. The maximum absolute atomic E-state index is 12.6. The molecule has 0 heterocycles. The lowest BCUT2D eigenvalue weighted by Gasteiger charge is -2.34. The van der Waals surface area contributed by atoms with Crippen LogP contribution in [0.15, 0.2) is 89.8 Å². The molecule has 0 saturated heterocycles. The second-order valence-corrected chi connectivity index (χ2v) is 12.8. The number of thioether (sulfide) groups is 1. The van der Waals surface area contributed by atoms with Crippen LogP contribution < -0.4 is 5.19 Å². The van der Waals surface area contributed by atoms with E-state index in [1.165, 1.54) is 10.8 Å². The minimum Gasteiger partial charge on any atom is -0.160 e. The molecule has 3 rings (SSSR count). The van der Waals surface area contributed by atoms with Gasteiger partial charge >= 0.3 is 5.51 Å². The van der Waals surface area contributed by atoms with Crippen LogP contribution in [0.4, 0.5) is 13.2 Å². The zero-order valence-electron chi connectivity index (χ0n) is 15.2. The SMILES string of the molecule is C[Si](C)(c1ccccc1)C(c1ccccc1)c1ccc(SC(F)(F)F)cc1. The number of rotatable bonds is 5. The van der Waals surface area contributed by atoms with E-state index in [2.05, 4.69) is 49.5 Å². The zero-order valence-corrected chi connectivity index (χ0v) is 17.0. The van der Waals surface area contributed by atoms with Gasteiger partial charge in [0, 0.05) is 10.4 Å². The topological polar surface area (TPSA) is 0 Å². The van der Waals surface area contributed by atoms with Crippen molar-refractivity contribution in [3.05, 3.63) is 96.1 Å². The Morgan fingerprint density at radius 1 is 0.704 bits per heavy atom. The van der Waals surface area contributed by atoms with E-state index in [0.29, 0.717) is 0 Å². The van der Waals surface area contributed by atoms with Crippen molar-refractivity contribution in [2.45, 2.75) is 29.0 Å². The largest absolute Gasteiger partial charge is 0.446 e. The Bertz CT molecular complexity index is 860. The summed E-state index contributed by atoms with van der Waals surface area (Å²) >= 11 is -0.0678. The quantitative estimate of drug-likeness (QED) is 0.343. The van der Waals surface area contributed by atoms with Crippen molar-refractivity contribution in [3.63, 3.8) is 0 Å². The first kappa shape index (κ1) is 19.8. The van der Waals surface area contributed by atoms with Crippen LogP contribution in [0, 0.1) is 0 Å². The third-order valence-corrected chi connectivity index (χ3v) is 9.49. The van der Waals surface area contributed by atoms with Gasteiger partial charge in [-0.2, -0.15) is 13.2 Å². The molecule has 0 fully saturated rings. The van der Waals surface area contributed by atoms with Crippen LogP contribution in [0.5, 0.6) is 0 Å². The molecule has 0 aromatic heterocycles. The van der Waals surface area contributed by atoms with Gasteiger partial charge < -0.3 is 0 Å². The van der Waals surface area contributed by atoms with Gasteiger partial charge in [-0.3, -0.25) is 0 Å². The minimum absolute atomic E-state index is 0.0678. The summed E-state index contributed by atoms with van der Waals surface area (Å²) < 4.78 is 37.9. The van der Waals surface area contributed by atoms with Crippen LogP contribution in [-0.2, 0) is 0 Å². The van der Waals surface area contributed by atoms with E-state index in [1.54, 1.807) is 12.1 Å². The maximum Gasteiger partial charge on any atom is 0.446 e. The first-order valence-electron chi connectivity index (χ1n) is 8.73. The van der Waals surface area contributed by atoms with Gasteiger partial charge in [0.2, 0.25) is 0 Å². The Hall–Kier alpha value is -1.98. The Kier molecular flexibility index (Phi) is 5.82. The third-order valence-electron chi connectivity index (χ3n) is 4.82. The molecular weight excluding hydrogens is 381 g/mol. The fraction of sp³-hybridized carbons (Fsp3) is 0.182. The van der Waals surface area contributed by atoms with E-state index in [4.69, 9.17) is 0 Å². The highest BCUT2D eigenvalue weighted by Crippen LogP contribution is 2.39. The van der Waals surface area contributed by atoms with Gasteiger partial charge in [-0.15, -0.1) is 0 Å². The summed E-state index contributed by atoms with van der Waals surface area (Å²) in [7, 11) is -1.98. The Morgan fingerprint density at radius 3 is 1.70 bits per heavy atom. The van der Waals surface area contributed by atoms with Gasteiger partial charge in [-0.1, -0.05) is 91.1 Å². The molecule has 140 valence electrons. The molecule has 0 nitrogen and oxygen atoms in total. The second-order valence-electron chi connectivity index (χ2n) is 7.05. The smallest absolute Gasteiger partial charge is 0.160 e. The Morgan fingerprint density at radius 2 is 1.19 bits per heavy atom. The van der Waals surface area contributed by atoms with Gasteiger partial charge in [0.05, 0.1) is 8.07 Å². The second kappa shape index (κ2) is 7.95. The number of hydrogen-bond donors (Lipinski definition) is 0. The van der Waals surface area contributed by atoms with E-state index in [0.717, 1.165) is 5.56 Å². The monoisotopic (exact) mass is 402 g/mol. The van der Waals surface area contributed by atoms with Crippen LogP contribution in [-0.4, -0.2) is 13.6 Å². The Balaban J connectivity index is 2.04. The number of halogens is 3. The molecule has 0 amide bonds. The fourth-order valence-electron chi connectivity index (χ4n) is 3.57. The van der Waals surface area contributed by atoms with Crippen LogP contribution in [0.3, 0.4) is 0 Å². The third kappa shape index (κ3) is 4.85. The average Bonchev–Trinajstić information content (AvgIpc) is 2.64. The molecule has 27 heavy (non-hydrogen) atoms. The molecule has 0 aliphatic carbocycles. The van der Waals surface area contributed by atoms with Crippen LogP contribution in [0.2, 0.25) is 13.1 Å². The molecule has 0 spiro atoms. The lowest BCUT2D eigenvalue weighted by Crippen LogP contribution is -2.48. The highest BCUT2D eigenvalue weighted by molar-refractivity contribution is 8.00. The molecule has 3 aromatic carbocycles. The highest BCUT2D eigenvalue weighted by Gasteiger charge is 2.36. The van der Waals surface area contributed by atoms with E-state index < -0.39 is 13.6 Å². The molecule has 0 bridgehead atoms. The number of benzene rings is 3. The molecule has 5 heteroatoms. The molecule has 1 atom stereocenters. The average molecular weight is 403 g/mol. The van der Waals surface area contributed by atoms with Crippen molar-refractivity contribution in [2.24, 2.45) is 0 Å². The van der Waals surface area contributed by atoms with Crippen molar-refractivity contribution >= 4 is 25.0 Å². The van der Waals surface area contributed by atoms with Crippen molar-refractivity contribution in [2.75, 3.05) is 0 Å². The summed E-state index contributed by atoms with van der Waals surface area (Å²) in [4.78, 5) is 0.220. The van der Waals surface area contributed by atoms with Gasteiger partial charge in [0.25, 0.3) is 0 Å². The van der Waals surface area contributed by atoms with Crippen molar-refractivity contribution in [1.29, 1.82) is 0 Å². The molecule has 0 radical (unpaired) electrons. The predicted molar refractivity (Wildman–Crippen MR) is 110 cm³/mol. The van der Waals surface area contributed by atoms with Gasteiger partial charge in [0.1, 0.15) is 0 Å². The normalized spacial score (nSPS) is 13.4. The van der Waals surface area contributed by atoms with Crippen molar-refractivity contribution < 1.29 is 13.2 Å². The van der Waals surface area contributed by atoms with Crippen LogP contribution in [0.25, 0.3) is 0 Å². The van der Waals surface area contributed by atoms with Crippen molar-refractivity contribution in [1.82, 2.24) is 0 Å². The fourth-order valence-corrected chi connectivity index (χ4v) is 7.54.